The van der Waals surface area contributed by atoms with E-state index in [2.05, 4.69) is 29.6 Å². The lowest BCUT2D eigenvalue weighted by Gasteiger charge is -2.18. The van der Waals surface area contributed by atoms with E-state index in [0.717, 1.165) is 0 Å². The third-order valence-electron chi connectivity index (χ3n) is 3.63. The Labute approximate surface area is 113 Å². The minimum atomic E-state index is -0.766. The first kappa shape index (κ1) is 13.6. The van der Waals surface area contributed by atoms with Gasteiger partial charge in [-0.15, -0.1) is 0 Å². The van der Waals surface area contributed by atoms with Crippen LogP contribution in [0.4, 0.5) is 0 Å². The van der Waals surface area contributed by atoms with Gasteiger partial charge in [0.15, 0.2) is 0 Å². The number of hydrogen-bond donors (Lipinski definition) is 2. The molecular formula is C16H19NO2. The Kier molecular flexibility index (Phi) is 4.17. The quantitative estimate of drug-likeness (QED) is 0.865. The number of aliphatic carboxylic acids is 1. The maximum Gasteiger partial charge on any atom is 0.307 e. The highest BCUT2D eigenvalue weighted by Gasteiger charge is 2.18. The fraction of sp³-hybridized carbons (Fsp3) is 0.312. The van der Waals surface area contributed by atoms with Gasteiger partial charge < -0.3 is 10.4 Å². The molecule has 0 bridgehead atoms. The molecule has 3 nitrogen and oxygen atoms in total. The van der Waals surface area contributed by atoms with Gasteiger partial charge in [-0.1, -0.05) is 49.4 Å². The lowest BCUT2D eigenvalue weighted by atomic mass is 10.0. The Bertz CT molecular complexity index is 574. The monoisotopic (exact) mass is 257 g/mol. The molecule has 2 rings (SSSR count). The Morgan fingerprint density at radius 1 is 1.16 bits per heavy atom. The van der Waals surface area contributed by atoms with Crippen molar-refractivity contribution in [2.24, 2.45) is 5.92 Å². The summed E-state index contributed by atoms with van der Waals surface area (Å²) in [5.74, 6) is -1.16. The Balaban J connectivity index is 2.12. The molecule has 0 heterocycles. The van der Waals surface area contributed by atoms with E-state index in [0.29, 0.717) is 6.54 Å². The molecule has 0 radical (unpaired) electrons. The molecule has 0 fully saturated rings. The van der Waals surface area contributed by atoms with E-state index < -0.39 is 11.9 Å². The fourth-order valence-corrected chi connectivity index (χ4v) is 2.11. The van der Waals surface area contributed by atoms with Gasteiger partial charge in [0.05, 0.1) is 5.92 Å². The minimum Gasteiger partial charge on any atom is -0.481 e. The first-order valence-corrected chi connectivity index (χ1v) is 6.52. The predicted octanol–water partition coefficient (Wildman–Crippen LogP) is 3.04. The molecule has 2 atom stereocenters. The lowest BCUT2D eigenvalue weighted by molar-refractivity contribution is -0.141. The summed E-state index contributed by atoms with van der Waals surface area (Å²) in [6, 6.07) is 14.4. The van der Waals surface area contributed by atoms with Gasteiger partial charge in [-0.3, -0.25) is 4.79 Å². The van der Waals surface area contributed by atoms with Crippen LogP contribution in [0.2, 0.25) is 0 Å². The Morgan fingerprint density at radius 3 is 2.58 bits per heavy atom. The predicted molar refractivity (Wildman–Crippen MR) is 77.0 cm³/mol. The summed E-state index contributed by atoms with van der Waals surface area (Å²) in [6.45, 7) is 4.31. The van der Waals surface area contributed by atoms with Crippen molar-refractivity contribution in [3.8, 4) is 0 Å². The standard InChI is InChI=1S/C16H19NO2/c1-11(16(18)19)12(2)17-10-14-8-5-7-13-6-3-4-9-15(13)14/h3-9,11-12,17H,10H2,1-2H3,(H,18,19). The number of carboxylic acids is 1. The molecule has 0 aliphatic carbocycles. The summed E-state index contributed by atoms with van der Waals surface area (Å²) in [4.78, 5) is 10.9. The van der Waals surface area contributed by atoms with Crippen LogP contribution in [0.5, 0.6) is 0 Å². The van der Waals surface area contributed by atoms with Crippen molar-refractivity contribution in [2.75, 3.05) is 0 Å². The largest absolute Gasteiger partial charge is 0.481 e. The molecule has 0 aromatic heterocycles. The molecule has 0 aliphatic heterocycles. The SMILES string of the molecule is CC(NCc1cccc2ccccc12)C(C)C(=O)O. The van der Waals surface area contributed by atoms with Crippen LogP contribution >= 0.6 is 0 Å². The van der Waals surface area contributed by atoms with E-state index in [1.165, 1.54) is 16.3 Å². The highest BCUT2D eigenvalue weighted by molar-refractivity contribution is 5.85. The summed E-state index contributed by atoms with van der Waals surface area (Å²) in [6.07, 6.45) is 0. The van der Waals surface area contributed by atoms with Crippen LogP contribution in [0.3, 0.4) is 0 Å². The van der Waals surface area contributed by atoms with E-state index >= 15 is 0 Å². The molecular weight excluding hydrogens is 238 g/mol. The van der Waals surface area contributed by atoms with Gasteiger partial charge in [0.2, 0.25) is 0 Å². The second-order valence-electron chi connectivity index (χ2n) is 4.93. The third-order valence-corrected chi connectivity index (χ3v) is 3.63. The fourth-order valence-electron chi connectivity index (χ4n) is 2.11. The van der Waals surface area contributed by atoms with Crippen LogP contribution < -0.4 is 5.32 Å². The molecule has 2 N–H and O–H groups in total. The van der Waals surface area contributed by atoms with Gasteiger partial charge in [0.25, 0.3) is 0 Å². The van der Waals surface area contributed by atoms with Gasteiger partial charge >= 0.3 is 5.97 Å². The first-order valence-electron chi connectivity index (χ1n) is 6.52. The third kappa shape index (κ3) is 3.12. The van der Waals surface area contributed by atoms with Crippen molar-refractivity contribution >= 4 is 16.7 Å². The summed E-state index contributed by atoms with van der Waals surface area (Å²) in [5, 5.41) is 14.7. The average Bonchev–Trinajstić information content (AvgIpc) is 2.43. The molecule has 0 saturated heterocycles. The van der Waals surface area contributed by atoms with Crippen molar-refractivity contribution in [1.29, 1.82) is 0 Å². The van der Waals surface area contributed by atoms with Crippen LogP contribution in [0.15, 0.2) is 42.5 Å². The van der Waals surface area contributed by atoms with E-state index in [-0.39, 0.29) is 6.04 Å². The van der Waals surface area contributed by atoms with Crippen LogP contribution in [0.1, 0.15) is 19.4 Å². The molecule has 0 amide bonds. The molecule has 2 aromatic rings. The van der Waals surface area contributed by atoms with Crippen molar-refractivity contribution in [1.82, 2.24) is 5.32 Å². The topological polar surface area (TPSA) is 49.3 Å². The number of carboxylic acid groups (broad SMARTS) is 1. The van der Waals surface area contributed by atoms with E-state index in [1.807, 2.05) is 25.1 Å². The van der Waals surface area contributed by atoms with E-state index in [9.17, 15) is 4.79 Å². The molecule has 19 heavy (non-hydrogen) atoms. The van der Waals surface area contributed by atoms with E-state index in [4.69, 9.17) is 5.11 Å². The molecule has 0 saturated carbocycles. The zero-order chi connectivity index (χ0) is 13.8. The number of benzene rings is 2. The van der Waals surface area contributed by atoms with Crippen LogP contribution in [-0.4, -0.2) is 17.1 Å². The first-order chi connectivity index (χ1) is 9.09. The van der Waals surface area contributed by atoms with Gasteiger partial charge in [0, 0.05) is 12.6 Å². The number of hydrogen-bond acceptors (Lipinski definition) is 2. The molecule has 3 heteroatoms. The summed E-state index contributed by atoms with van der Waals surface area (Å²) in [5.41, 5.74) is 1.20. The molecule has 100 valence electrons. The molecule has 2 aromatic carbocycles. The minimum absolute atomic E-state index is 0.0588. The summed E-state index contributed by atoms with van der Waals surface area (Å²) in [7, 11) is 0. The highest BCUT2D eigenvalue weighted by atomic mass is 16.4. The van der Waals surface area contributed by atoms with Gasteiger partial charge in [-0.05, 0) is 23.3 Å². The maximum atomic E-state index is 10.9. The number of carbonyl (C=O) groups is 1. The number of rotatable bonds is 5. The van der Waals surface area contributed by atoms with Crippen LogP contribution in [0.25, 0.3) is 10.8 Å². The Hall–Kier alpha value is -1.87. The van der Waals surface area contributed by atoms with Gasteiger partial charge in [-0.2, -0.15) is 0 Å². The lowest BCUT2D eigenvalue weighted by Crippen LogP contribution is -2.35. The maximum absolute atomic E-state index is 10.9. The van der Waals surface area contributed by atoms with Crippen molar-refractivity contribution in [3.63, 3.8) is 0 Å². The van der Waals surface area contributed by atoms with Gasteiger partial charge in [-0.25, -0.2) is 0 Å². The van der Waals surface area contributed by atoms with Crippen molar-refractivity contribution in [2.45, 2.75) is 26.4 Å². The summed E-state index contributed by atoms with van der Waals surface area (Å²) >= 11 is 0. The van der Waals surface area contributed by atoms with E-state index in [1.54, 1.807) is 6.92 Å². The zero-order valence-corrected chi connectivity index (χ0v) is 11.3. The molecule has 0 spiro atoms. The van der Waals surface area contributed by atoms with Crippen molar-refractivity contribution in [3.05, 3.63) is 48.0 Å². The zero-order valence-electron chi connectivity index (χ0n) is 11.3. The van der Waals surface area contributed by atoms with Crippen LogP contribution in [0, 0.1) is 5.92 Å². The van der Waals surface area contributed by atoms with Gasteiger partial charge in [0.1, 0.15) is 0 Å². The molecule has 2 unspecified atom stereocenters. The van der Waals surface area contributed by atoms with Crippen LogP contribution in [-0.2, 0) is 11.3 Å². The highest BCUT2D eigenvalue weighted by Crippen LogP contribution is 2.18. The number of fused-ring (bicyclic) bond motifs is 1. The molecule has 0 aliphatic rings. The summed E-state index contributed by atoms with van der Waals surface area (Å²) < 4.78 is 0. The normalized spacial score (nSPS) is 14.2. The smallest absolute Gasteiger partial charge is 0.307 e. The average molecular weight is 257 g/mol. The second-order valence-corrected chi connectivity index (χ2v) is 4.93. The van der Waals surface area contributed by atoms with Crippen molar-refractivity contribution < 1.29 is 9.90 Å². The number of nitrogens with one attached hydrogen (secondary N) is 1. The Morgan fingerprint density at radius 2 is 1.84 bits per heavy atom. The second kappa shape index (κ2) is 5.85.